The fourth-order valence-corrected chi connectivity index (χ4v) is 7.48. The summed E-state index contributed by atoms with van der Waals surface area (Å²) in [5.41, 5.74) is 0. The molecular weight excluding hydrogens is 454 g/mol. The minimum Gasteiger partial charge on any atom is -0.390 e. The maximum atomic E-state index is 13.7. The normalized spacial score (nSPS) is 46.7. The molecule has 0 aliphatic heterocycles. The molecule has 29 heavy (non-hydrogen) atoms. The van der Waals surface area contributed by atoms with Gasteiger partial charge in [0.15, 0.2) is 0 Å². The summed E-state index contributed by atoms with van der Waals surface area (Å²) in [7, 11) is -3.99. The number of fused-ring (bicyclic) bond motifs is 3. The second-order valence-corrected chi connectivity index (χ2v) is 11.8. The highest BCUT2D eigenvalue weighted by atomic mass is 35.5. The maximum Gasteiger partial charge on any atom is 0.646 e. The first-order valence-corrected chi connectivity index (χ1v) is 12.3. The molecule has 8 heteroatoms. The van der Waals surface area contributed by atoms with Gasteiger partial charge in [-0.2, -0.15) is 4.57 Å². The van der Waals surface area contributed by atoms with E-state index in [0.29, 0.717) is 17.3 Å². The molecule has 0 spiro atoms. The average molecular weight is 472 g/mol. The van der Waals surface area contributed by atoms with Crippen molar-refractivity contribution in [1.82, 2.24) is 0 Å². The van der Waals surface area contributed by atoms with E-state index < -0.39 is 22.4 Å². The van der Waals surface area contributed by atoms with Gasteiger partial charge in [-0.1, -0.05) is 36.5 Å². The Hall–Kier alpha value is -1.06. The van der Waals surface area contributed by atoms with E-state index in [-0.39, 0.29) is 17.8 Å². The van der Waals surface area contributed by atoms with Crippen LogP contribution in [0, 0.1) is 17.8 Å². The van der Waals surface area contributed by atoms with E-state index in [9.17, 15) is 4.57 Å². The van der Waals surface area contributed by atoms with E-state index in [2.05, 4.69) is 0 Å². The average Bonchev–Trinajstić information content (AvgIpc) is 3.22. The number of alkyl halides is 3. The molecule has 6 aliphatic rings. The summed E-state index contributed by atoms with van der Waals surface area (Å²) >= 11 is 19.5. The van der Waals surface area contributed by atoms with Gasteiger partial charge >= 0.3 is 7.82 Å². The molecule has 0 amide bonds. The quantitative estimate of drug-likeness (QED) is 0.252. The van der Waals surface area contributed by atoms with Crippen molar-refractivity contribution < 1.29 is 18.1 Å². The molecule has 0 aromatic rings. The van der Waals surface area contributed by atoms with Crippen molar-refractivity contribution in [2.75, 3.05) is 0 Å². The van der Waals surface area contributed by atoms with Crippen LogP contribution >= 0.6 is 42.6 Å². The van der Waals surface area contributed by atoms with Crippen LogP contribution in [0.1, 0.15) is 19.3 Å². The van der Waals surface area contributed by atoms with Gasteiger partial charge < -0.3 is 13.6 Å². The van der Waals surface area contributed by atoms with E-state index in [0.717, 1.165) is 19.3 Å². The molecule has 6 unspecified atom stereocenters. The second kappa shape index (κ2) is 5.79. The van der Waals surface area contributed by atoms with Crippen LogP contribution in [0.5, 0.6) is 0 Å². The van der Waals surface area contributed by atoms with E-state index in [4.69, 9.17) is 48.4 Å². The lowest BCUT2D eigenvalue weighted by atomic mass is 9.82. The number of allylic oxidation sites excluding steroid dienone is 12. The van der Waals surface area contributed by atoms with Gasteiger partial charge in [0.25, 0.3) is 0 Å². The Balaban J connectivity index is 1.26. The van der Waals surface area contributed by atoms with Crippen LogP contribution in [0.4, 0.5) is 0 Å². The predicted octanol–water partition coefficient (Wildman–Crippen LogP) is 6.50. The zero-order chi connectivity index (χ0) is 20.1. The lowest BCUT2D eigenvalue weighted by Gasteiger charge is -2.42. The third kappa shape index (κ3) is 2.62. The number of phosphoric ester groups is 1. The molecule has 0 fully saturated rings. The third-order valence-electron chi connectivity index (χ3n) is 6.61. The standard InChI is InChI=1S/C21H18Cl3O4P/c22-19-7-1-4-13(19)16(10-19)26-29(25,27-17-11-20(23)8-2-5-14(17)20)28-18-12-21(24)9-3-6-15(18)21/h1-3,7-15H,4-6H2. The van der Waals surface area contributed by atoms with Gasteiger partial charge in [0.1, 0.15) is 17.3 Å². The largest absolute Gasteiger partial charge is 0.646 e. The summed E-state index contributed by atoms with van der Waals surface area (Å²) in [5.74, 6) is 1.44. The monoisotopic (exact) mass is 470 g/mol. The van der Waals surface area contributed by atoms with Crippen LogP contribution in [0.3, 0.4) is 0 Å². The van der Waals surface area contributed by atoms with E-state index in [1.807, 2.05) is 36.5 Å². The van der Waals surface area contributed by atoms with Gasteiger partial charge in [-0.15, -0.1) is 34.8 Å². The smallest absolute Gasteiger partial charge is 0.390 e. The summed E-state index contributed by atoms with van der Waals surface area (Å²) < 4.78 is 31.3. The first-order chi connectivity index (χ1) is 13.7. The highest BCUT2D eigenvalue weighted by Crippen LogP contribution is 2.66. The fourth-order valence-electron chi connectivity index (χ4n) is 4.87. The van der Waals surface area contributed by atoms with E-state index in [1.165, 1.54) is 0 Å². The molecule has 6 atom stereocenters. The van der Waals surface area contributed by atoms with Gasteiger partial charge in [0, 0.05) is 17.8 Å². The Morgan fingerprint density at radius 2 is 1.00 bits per heavy atom. The number of halogens is 3. The van der Waals surface area contributed by atoms with Gasteiger partial charge in [-0.25, -0.2) is 0 Å². The van der Waals surface area contributed by atoms with E-state index in [1.54, 1.807) is 18.2 Å². The predicted molar refractivity (Wildman–Crippen MR) is 113 cm³/mol. The van der Waals surface area contributed by atoms with Gasteiger partial charge in [0.05, 0.1) is 14.6 Å². The molecule has 0 bridgehead atoms. The molecule has 0 saturated heterocycles. The lowest BCUT2D eigenvalue weighted by molar-refractivity contribution is 0.134. The number of phosphoric acid groups is 1. The third-order valence-corrected chi connectivity index (χ3v) is 9.41. The number of rotatable bonds is 6. The van der Waals surface area contributed by atoms with Crippen LogP contribution in [-0.2, 0) is 18.1 Å². The lowest BCUT2D eigenvalue weighted by Crippen LogP contribution is -2.38. The van der Waals surface area contributed by atoms with Crippen LogP contribution in [0.2, 0.25) is 0 Å². The summed E-state index contributed by atoms with van der Waals surface area (Å²) in [6.07, 6.45) is 19.3. The first-order valence-electron chi connectivity index (χ1n) is 9.69. The molecule has 6 rings (SSSR count). The summed E-state index contributed by atoms with van der Waals surface area (Å²) in [6.45, 7) is 0. The Morgan fingerprint density at radius 3 is 1.28 bits per heavy atom. The van der Waals surface area contributed by atoms with Gasteiger partial charge in [0.2, 0.25) is 0 Å². The van der Waals surface area contributed by atoms with Crippen molar-refractivity contribution in [3.63, 3.8) is 0 Å². The number of hydrogen-bond acceptors (Lipinski definition) is 4. The molecule has 4 nitrogen and oxygen atoms in total. The summed E-state index contributed by atoms with van der Waals surface area (Å²) in [6, 6.07) is 0. The molecule has 0 aromatic carbocycles. The zero-order valence-electron chi connectivity index (χ0n) is 15.3. The minimum atomic E-state index is -3.99. The Morgan fingerprint density at radius 1 is 0.690 bits per heavy atom. The zero-order valence-corrected chi connectivity index (χ0v) is 18.4. The highest BCUT2D eigenvalue weighted by Gasteiger charge is 2.56. The first kappa shape index (κ1) is 18.7. The summed E-state index contributed by atoms with van der Waals surface area (Å²) in [5, 5.41) is 0. The van der Waals surface area contributed by atoms with Crippen molar-refractivity contribution in [3.8, 4) is 0 Å². The topological polar surface area (TPSA) is 44.8 Å². The minimum absolute atomic E-state index is 0.0593. The molecule has 0 heterocycles. The molecule has 152 valence electrons. The molecule has 0 aromatic heterocycles. The van der Waals surface area contributed by atoms with Crippen molar-refractivity contribution in [1.29, 1.82) is 0 Å². The molecule has 0 N–H and O–H groups in total. The van der Waals surface area contributed by atoms with Crippen LogP contribution in [0.15, 0.2) is 72.0 Å². The Kier molecular flexibility index (Phi) is 3.73. The number of hydrogen-bond donors (Lipinski definition) is 0. The van der Waals surface area contributed by atoms with Crippen molar-refractivity contribution in [3.05, 3.63) is 72.0 Å². The van der Waals surface area contributed by atoms with Crippen molar-refractivity contribution in [2.24, 2.45) is 17.8 Å². The summed E-state index contributed by atoms with van der Waals surface area (Å²) in [4.78, 5) is -1.69. The van der Waals surface area contributed by atoms with Gasteiger partial charge in [-0.05, 0) is 37.5 Å². The molecular formula is C21H18Cl3O4P. The van der Waals surface area contributed by atoms with E-state index >= 15 is 0 Å². The molecule has 0 saturated carbocycles. The van der Waals surface area contributed by atoms with Gasteiger partial charge in [-0.3, -0.25) is 0 Å². The SMILES string of the molecule is O=P(OC1=CC2(Cl)C=CCC12)(OC1=CC2(Cl)C=CCC12)OC1=CC2(Cl)C=CCC12. The fraction of sp³-hybridized carbons (Fsp3) is 0.429. The van der Waals surface area contributed by atoms with Crippen LogP contribution in [-0.4, -0.2) is 14.6 Å². The Bertz CT molecular complexity index is 914. The molecule has 0 radical (unpaired) electrons. The second-order valence-electron chi connectivity index (χ2n) is 8.42. The van der Waals surface area contributed by atoms with Crippen molar-refractivity contribution in [2.45, 2.75) is 33.9 Å². The maximum absolute atomic E-state index is 13.7. The van der Waals surface area contributed by atoms with Crippen LogP contribution < -0.4 is 0 Å². The molecule has 6 aliphatic carbocycles. The van der Waals surface area contributed by atoms with Crippen molar-refractivity contribution >= 4 is 42.6 Å². The van der Waals surface area contributed by atoms with Crippen LogP contribution in [0.25, 0.3) is 0 Å². The Labute approximate surface area is 184 Å². The highest BCUT2D eigenvalue weighted by molar-refractivity contribution is 7.48.